The number of hydrogen-bond donors (Lipinski definition) is 0. The Morgan fingerprint density at radius 2 is 1.77 bits per heavy atom. The quantitative estimate of drug-likeness (QED) is 0.208. The van der Waals surface area contributed by atoms with Gasteiger partial charge in [-0.3, -0.25) is 19.0 Å². The first kappa shape index (κ1) is 22.7. The number of imidazole rings is 1. The molecule has 0 radical (unpaired) electrons. The molecule has 0 unspecified atom stereocenters. The van der Waals surface area contributed by atoms with E-state index in [1.165, 1.54) is 17.8 Å². The van der Waals surface area contributed by atoms with E-state index >= 15 is 0 Å². The minimum atomic E-state index is -1.25. The summed E-state index contributed by atoms with van der Waals surface area (Å²) in [4.78, 5) is 47.1. The van der Waals surface area contributed by atoms with Gasteiger partial charge in [0.15, 0.2) is 35.3 Å². The Balaban J connectivity index is 2.12. The van der Waals surface area contributed by atoms with Crippen LogP contribution in [0.4, 0.5) is 0 Å². The van der Waals surface area contributed by atoms with Gasteiger partial charge in [0.1, 0.15) is 11.6 Å². The Hall–Kier alpha value is -2.94. The van der Waals surface area contributed by atoms with Crippen LogP contribution in [0.2, 0.25) is 10.4 Å². The van der Waals surface area contributed by atoms with Crippen LogP contribution in [0.3, 0.4) is 0 Å². The van der Waals surface area contributed by atoms with Gasteiger partial charge in [-0.2, -0.15) is 4.98 Å². The molecule has 3 heterocycles. The number of nitrogens with zero attached hydrogens (tertiary/aromatic N) is 4. The van der Waals surface area contributed by atoms with E-state index in [2.05, 4.69) is 20.9 Å². The fourth-order valence-electron chi connectivity index (χ4n) is 3.19. The summed E-state index contributed by atoms with van der Waals surface area (Å²) in [6.07, 6.45) is 0.868. The van der Waals surface area contributed by atoms with E-state index in [1.54, 1.807) is 0 Å². The molecule has 164 valence electrons. The van der Waals surface area contributed by atoms with Crippen LogP contribution >= 0.6 is 23.2 Å². The van der Waals surface area contributed by atoms with Gasteiger partial charge in [-0.05, 0) is 11.6 Å². The Kier molecular flexibility index (Phi) is 6.64. The third-order valence-electron chi connectivity index (χ3n) is 4.21. The van der Waals surface area contributed by atoms with Crippen molar-refractivity contribution in [3.8, 4) is 12.3 Å². The molecule has 0 aliphatic carbocycles. The van der Waals surface area contributed by atoms with Gasteiger partial charge in [0.2, 0.25) is 5.28 Å². The molecule has 0 saturated carbocycles. The minimum absolute atomic E-state index is 0.00900. The highest BCUT2D eigenvalue weighted by atomic mass is 35.5. The van der Waals surface area contributed by atoms with Gasteiger partial charge in [0, 0.05) is 20.8 Å². The topological polar surface area (TPSA) is 132 Å². The van der Waals surface area contributed by atoms with Gasteiger partial charge in [0.05, 0.1) is 6.33 Å². The van der Waals surface area contributed by atoms with Crippen LogP contribution < -0.4 is 0 Å². The SMILES string of the molecule is C#C[C@@H](OC(C)=O)[C@H]1O[C@@H](n2cnc3c(Cl)nc(Cl)nc32)[C@H](OC(C)=O)[C@H]1OC(C)=O. The normalized spacial score (nSPS) is 23.7. The molecule has 31 heavy (non-hydrogen) atoms. The molecule has 1 aliphatic rings. The number of fused-ring (bicyclic) bond motifs is 1. The number of hydrogen-bond acceptors (Lipinski definition) is 10. The zero-order valence-electron chi connectivity index (χ0n) is 16.4. The summed E-state index contributed by atoms with van der Waals surface area (Å²) >= 11 is 12.0. The number of halogens is 2. The van der Waals surface area contributed by atoms with E-state index in [0.29, 0.717) is 0 Å². The molecular formula is C18H16Cl2N4O7. The van der Waals surface area contributed by atoms with E-state index < -0.39 is 48.6 Å². The number of aromatic nitrogens is 4. The first-order valence-electron chi connectivity index (χ1n) is 8.81. The maximum Gasteiger partial charge on any atom is 0.303 e. The van der Waals surface area contributed by atoms with Crippen molar-refractivity contribution >= 4 is 52.3 Å². The van der Waals surface area contributed by atoms with Crippen molar-refractivity contribution in [2.24, 2.45) is 0 Å². The van der Waals surface area contributed by atoms with Gasteiger partial charge in [-0.15, -0.1) is 6.42 Å². The maximum atomic E-state index is 11.8. The summed E-state index contributed by atoms with van der Waals surface area (Å²) in [5, 5.41) is -0.166. The van der Waals surface area contributed by atoms with Gasteiger partial charge in [-0.1, -0.05) is 17.5 Å². The van der Waals surface area contributed by atoms with E-state index in [1.807, 2.05) is 0 Å². The summed E-state index contributed by atoms with van der Waals surface area (Å²) in [6, 6.07) is 0. The largest absolute Gasteiger partial charge is 0.455 e. The second kappa shape index (κ2) is 9.05. The predicted molar refractivity (Wildman–Crippen MR) is 105 cm³/mol. The van der Waals surface area contributed by atoms with Crippen molar-refractivity contribution in [2.45, 2.75) is 51.4 Å². The number of esters is 3. The van der Waals surface area contributed by atoms with E-state index in [-0.39, 0.29) is 21.6 Å². The van der Waals surface area contributed by atoms with Gasteiger partial charge in [0.25, 0.3) is 0 Å². The fourth-order valence-corrected chi connectivity index (χ4v) is 3.61. The molecule has 1 fully saturated rings. The van der Waals surface area contributed by atoms with Crippen molar-refractivity contribution in [3.63, 3.8) is 0 Å². The molecule has 5 atom stereocenters. The van der Waals surface area contributed by atoms with Crippen LogP contribution in [-0.2, 0) is 33.3 Å². The molecule has 13 heteroatoms. The standard InChI is InChI=1S/C18H16Cl2N4O7/c1-5-10(28-7(2)25)12-13(29-8(3)26)14(30-9(4)27)17(31-12)24-6-21-11-15(19)22-18(20)23-16(11)24/h1,6,10,12-14,17H,2-4H3/t10-,12-,13+,14-,17-/m1/s1. The molecular weight excluding hydrogens is 455 g/mol. The lowest BCUT2D eigenvalue weighted by molar-refractivity contribution is -0.167. The van der Waals surface area contributed by atoms with E-state index in [4.69, 9.17) is 48.6 Å². The van der Waals surface area contributed by atoms with Gasteiger partial charge < -0.3 is 18.9 Å². The Labute approximate surface area is 185 Å². The molecule has 1 aliphatic heterocycles. The number of rotatable bonds is 5. The molecule has 0 bridgehead atoms. The van der Waals surface area contributed by atoms with Crippen LogP contribution in [0, 0.1) is 12.3 Å². The third kappa shape index (κ3) is 4.71. The van der Waals surface area contributed by atoms with Gasteiger partial charge >= 0.3 is 17.9 Å². The number of carbonyl (C=O) groups is 3. The van der Waals surface area contributed by atoms with Crippen molar-refractivity contribution in [2.75, 3.05) is 0 Å². The van der Waals surface area contributed by atoms with E-state index in [0.717, 1.165) is 13.8 Å². The summed E-state index contributed by atoms with van der Waals surface area (Å²) in [6.45, 7) is 3.48. The molecule has 1 saturated heterocycles. The van der Waals surface area contributed by atoms with Gasteiger partial charge in [-0.25, -0.2) is 9.97 Å². The summed E-state index contributed by atoms with van der Waals surface area (Å²) < 4.78 is 23.2. The Bertz CT molecular complexity index is 1080. The average Bonchev–Trinajstić information content (AvgIpc) is 3.21. The number of ether oxygens (including phenoxy) is 4. The molecule has 2 aromatic heterocycles. The monoisotopic (exact) mass is 470 g/mol. The van der Waals surface area contributed by atoms with E-state index in [9.17, 15) is 14.4 Å². The minimum Gasteiger partial charge on any atom is -0.455 e. The summed E-state index contributed by atoms with van der Waals surface area (Å²) in [5.74, 6) is 0.221. The molecule has 0 aromatic carbocycles. The molecule has 0 amide bonds. The maximum absolute atomic E-state index is 11.8. The second-order valence-corrected chi connectivity index (χ2v) is 7.14. The second-order valence-electron chi connectivity index (χ2n) is 6.44. The number of carbonyl (C=O) groups excluding carboxylic acids is 3. The average molecular weight is 471 g/mol. The van der Waals surface area contributed by atoms with Crippen LogP contribution in [0.15, 0.2) is 6.33 Å². The van der Waals surface area contributed by atoms with Crippen molar-refractivity contribution in [1.82, 2.24) is 19.5 Å². The first-order chi connectivity index (χ1) is 14.6. The molecule has 0 spiro atoms. The van der Waals surface area contributed by atoms with Crippen LogP contribution in [0.5, 0.6) is 0 Å². The van der Waals surface area contributed by atoms with Crippen LogP contribution in [-0.4, -0.2) is 61.8 Å². The number of terminal acetylenes is 1. The fraction of sp³-hybridized carbons (Fsp3) is 0.444. The van der Waals surface area contributed by atoms with Crippen LogP contribution in [0.1, 0.15) is 27.0 Å². The van der Waals surface area contributed by atoms with Crippen molar-refractivity contribution < 1.29 is 33.3 Å². The molecule has 0 N–H and O–H groups in total. The predicted octanol–water partition coefficient (Wildman–Crippen LogP) is 1.46. The lowest BCUT2D eigenvalue weighted by Gasteiger charge is -2.25. The molecule has 11 nitrogen and oxygen atoms in total. The molecule has 3 rings (SSSR count). The Morgan fingerprint density at radius 3 is 2.35 bits per heavy atom. The van der Waals surface area contributed by atoms with Crippen molar-refractivity contribution in [3.05, 3.63) is 16.8 Å². The van der Waals surface area contributed by atoms with Crippen LogP contribution in [0.25, 0.3) is 11.2 Å². The van der Waals surface area contributed by atoms with Crippen molar-refractivity contribution in [1.29, 1.82) is 0 Å². The highest BCUT2D eigenvalue weighted by Gasteiger charge is 2.54. The smallest absolute Gasteiger partial charge is 0.303 e. The lowest BCUT2D eigenvalue weighted by atomic mass is 10.0. The third-order valence-corrected chi connectivity index (χ3v) is 4.64. The zero-order valence-corrected chi connectivity index (χ0v) is 18.0. The first-order valence-corrected chi connectivity index (χ1v) is 9.56. The highest BCUT2D eigenvalue weighted by molar-refractivity contribution is 6.35. The highest BCUT2D eigenvalue weighted by Crippen LogP contribution is 2.38. The Morgan fingerprint density at radius 1 is 1.13 bits per heavy atom. The summed E-state index contributed by atoms with van der Waals surface area (Å²) in [5.41, 5.74) is 0.372. The molecule has 2 aromatic rings. The summed E-state index contributed by atoms with van der Waals surface area (Å²) in [7, 11) is 0. The zero-order chi connectivity index (χ0) is 22.9. The lowest BCUT2D eigenvalue weighted by Crippen LogP contribution is -2.44.